The summed E-state index contributed by atoms with van der Waals surface area (Å²) in [7, 11) is 1.89. The van der Waals surface area contributed by atoms with Crippen LogP contribution in [0.2, 0.25) is 5.02 Å². The zero-order valence-corrected chi connectivity index (χ0v) is 12.2. The monoisotopic (exact) mass is 275 g/mol. The van der Waals surface area contributed by atoms with Crippen LogP contribution in [0.4, 0.5) is 0 Å². The van der Waals surface area contributed by atoms with Crippen molar-refractivity contribution in [1.29, 1.82) is 0 Å². The number of hydrogen-bond acceptors (Lipinski definition) is 2. The fourth-order valence-electron chi connectivity index (χ4n) is 1.89. The minimum absolute atomic E-state index is 0.680. The molecule has 0 bridgehead atoms. The largest absolute Gasteiger partial charge is 0.457 e. The predicted octanol–water partition coefficient (Wildman–Crippen LogP) is 4.47. The Bertz CT molecular complexity index is 581. The summed E-state index contributed by atoms with van der Waals surface area (Å²) >= 11 is 6.21. The smallest absolute Gasteiger partial charge is 0.133 e. The standard InChI is InChI=1S/C16H18ClNO/c1-11-7-8-13(9-12(11)2)19-16-6-4-5-15(17)14(16)10-18-3/h4-9,18H,10H2,1-3H3. The minimum Gasteiger partial charge on any atom is -0.457 e. The molecule has 1 N–H and O–H groups in total. The highest BCUT2D eigenvalue weighted by Crippen LogP contribution is 2.31. The molecule has 2 aromatic carbocycles. The number of ether oxygens (including phenoxy) is 1. The molecule has 100 valence electrons. The Kier molecular flexibility index (Phi) is 4.46. The maximum absolute atomic E-state index is 6.21. The Morgan fingerprint density at radius 3 is 2.58 bits per heavy atom. The molecule has 2 rings (SSSR count). The molecule has 0 amide bonds. The molecule has 2 nitrogen and oxygen atoms in total. The lowest BCUT2D eigenvalue weighted by atomic mass is 10.1. The highest BCUT2D eigenvalue weighted by molar-refractivity contribution is 6.31. The molecule has 19 heavy (non-hydrogen) atoms. The highest BCUT2D eigenvalue weighted by atomic mass is 35.5. The van der Waals surface area contributed by atoms with Crippen molar-refractivity contribution in [1.82, 2.24) is 5.32 Å². The van der Waals surface area contributed by atoms with Gasteiger partial charge in [0.1, 0.15) is 11.5 Å². The Labute approximate surface area is 119 Å². The van der Waals surface area contributed by atoms with Crippen molar-refractivity contribution >= 4 is 11.6 Å². The zero-order chi connectivity index (χ0) is 13.8. The van der Waals surface area contributed by atoms with Gasteiger partial charge in [-0.2, -0.15) is 0 Å². The van der Waals surface area contributed by atoms with E-state index in [2.05, 4.69) is 25.2 Å². The van der Waals surface area contributed by atoms with Crippen LogP contribution >= 0.6 is 11.6 Å². The van der Waals surface area contributed by atoms with E-state index in [4.69, 9.17) is 16.3 Å². The normalized spacial score (nSPS) is 10.5. The van der Waals surface area contributed by atoms with E-state index in [0.717, 1.165) is 22.1 Å². The van der Waals surface area contributed by atoms with Gasteiger partial charge in [0, 0.05) is 17.1 Å². The van der Waals surface area contributed by atoms with Crippen molar-refractivity contribution in [2.24, 2.45) is 0 Å². The fraction of sp³-hybridized carbons (Fsp3) is 0.250. The number of halogens is 1. The van der Waals surface area contributed by atoms with Gasteiger partial charge in [-0.15, -0.1) is 0 Å². The molecular weight excluding hydrogens is 258 g/mol. The molecule has 0 aliphatic rings. The molecule has 0 fully saturated rings. The third-order valence-corrected chi connectivity index (χ3v) is 3.49. The lowest BCUT2D eigenvalue weighted by molar-refractivity contribution is 0.474. The second-order valence-electron chi connectivity index (χ2n) is 4.59. The number of rotatable bonds is 4. The Morgan fingerprint density at radius 1 is 1.11 bits per heavy atom. The van der Waals surface area contributed by atoms with E-state index in [0.29, 0.717) is 6.54 Å². The summed E-state index contributed by atoms with van der Waals surface area (Å²) in [4.78, 5) is 0. The van der Waals surface area contributed by atoms with E-state index in [1.807, 2.05) is 37.4 Å². The van der Waals surface area contributed by atoms with Crippen molar-refractivity contribution in [3.8, 4) is 11.5 Å². The molecule has 0 saturated carbocycles. The van der Waals surface area contributed by atoms with Gasteiger partial charge in [0.25, 0.3) is 0 Å². The first kappa shape index (κ1) is 13.9. The van der Waals surface area contributed by atoms with Gasteiger partial charge >= 0.3 is 0 Å². The number of hydrogen-bond donors (Lipinski definition) is 1. The summed E-state index contributed by atoms with van der Waals surface area (Å²) in [5.74, 6) is 1.63. The third kappa shape index (κ3) is 3.28. The highest BCUT2D eigenvalue weighted by Gasteiger charge is 2.08. The predicted molar refractivity (Wildman–Crippen MR) is 80.2 cm³/mol. The molecule has 0 aliphatic carbocycles. The van der Waals surface area contributed by atoms with E-state index in [1.54, 1.807) is 0 Å². The molecule has 0 aromatic heterocycles. The van der Waals surface area contributed by atoms with Gasteiger partial charge in [-0.1, -0.05) is 23.7 Å². The molecule has 0 atom stereocenters. The molecule has 0 aliphatic heterocycles. The Balaban J connectivity index is 2.32. The third-order valence-electron chi connectivity index (χ3n) is 3.14. The van der Waals surface area contributed by atoms with Crippen molar-refractivity contribution in [2.45, 2.75) is 20.4 Å². The summed E-state index contributed by atoms with van der Waals surface area (Å²) in [5.41, 5.74) is 3.45. The zero-order valence-electron chi connectivity index (χ0n) is 11.5. The molecule has 0 saturated heterocycles. The van der Waals surface area contributed by atoms with Crippen LogP contribution in [0.5, 0.6) is 11.5 Å². The molecule has 0 spiro atoms. The topological polar surface area (TPSA) is 21.3 Å². The second kappa shape index (κ2) is 6.09. The summed E-state index contributed by atoms with van der Waals surface area (Å²) in [6.07, 6.45) is 0. The molecule has 2 aromatic rings. The summed E-state index contributed by atoms with van der Waals surface area (Å²) < 4.78 is 5.95. The quantitative estimate of drug-likeness (QED) is 0.889. The molecular formula is C16H18ClNO. The van der Waals surface area contributed by atoms with Crippen LogP contribution in [0.25, 0.3) is 0 Å². The van der Waals surface area contributed by atoms with Crippen LogP contribution in [-0.2, 0) is 6.54 Å². The van der Waals surface area contributed by atoms with Crippen molar-refractivity contribution < 1.29 is 4.74 Å². The maximum atomic E-state index is 6.21. The SMILES string of the molecule is CNCc1c(Cl)cccc1Oc1ccc(C)c(C)c1. The average Bonchev–Trinajstić information content (AvgIpc) is 2.38. The Morgan fingerprint density at radius 2 is 1.89 bits per heavy atom. The van der Waals surface area contributed by atoms with Crippen LogP contribution in [0.15, 0.2) is 36.4 Å². The van der Waals surface area contributed by atoms with Gasteiger partial charge in [0.2, 0.25) is 0 Å². The van der Waals surface area contributed by atoms with Gasteiger partial charge in [0.15, 0.2) is 0 Å². The molecule has 3 heteroatoms. The van der Waals surface area contributed by atoms with Crippen molar-refractivity contribution in [3.63, 3.8) is 0 Å². The van der Waals surface area contributed by atoms with Gasteiger partial charge in [0.05, 0.1) is 0 Å². The van der Waals surface area contributed by atoms with Crippen LogP contribution in [0.1, 0.15) is 16.7 Å². The minimum atomic E-state index is 0.680. The first-order valence-electron chi connectivity index (χ1n) is 6.29. The number of aryl methyl sites for hydroxylation is 2. The fourth-order valence-corrected chi connectivity index (χ4v) is 2.12. The van der Waals surface area contributed by atoms with Gasteiger partial charge in [-0.25, -0.2) is 0 Å². The second-order valence-corrected chi connectivity index (χ2v) is 5.00. The lowest BCUT2D eigenvalue weighted by Crippen LogP contribution is -2.07. The number of benzene rings is 2. The van der Waals surface area contributed by atoms with Crippen LogP contribution < -0.4 is 10.1 Å². The van der Waals surface area contributed by atoms with Crippen LogP contribution in [0.3, 0.4) is 0 Å². The Hall–Kier alpha value is -1.51. The average molecular weight is 276 g/mol. The van der Waals surface area contributed by atoms with Gasteiger partial charge < -0.3 is 10.1 Å². The summed E-state index contributed by atoms with van der Waals surface area (Å²) in [5, 5.41) is 3.83. The first-order chi connectivity index (χ1) is 9.11. The lowest BCUT2D eigenvalue weighted by Gasteiger charge is -2.13. The van der Waals surface area contributed by atoms with Crippen molar-refractivity contribution in [3.05, 3.63) is 58.1 Å². The summed E-state index contributed by atoms with van der Waals surface area (Å²) in [6, 6.07) is 11.8. The van der Waals surface area contributed by atoms with E-state index in [1.165, 1.54) is 11.1 Å². The van der Waals surface area contributed by atoms with E-state index in [-0.39, 0.29) is 0 Å². The van der Waals surface area contributed by atoms with Crippen LogP contribution in [0, 0.1) is 13.8 Å². The molecule has 0 radical (unpaired) electrons. The summed E-state index contributed by atoms with van der Waals surface area (Å²) in [6.45, 7) is 4.85. The van der Waals surface area contributed by atoms with E-state index in [9.17, 15) is 0 Å². The van der Waals surface area contributed by atoms with Gasteiger partial charge in [-0.05, 0) is 56.3 Å². The van der Waals surface area contributed by atoms with Gasteiger partial charge in [-0.3, -0.25) is 0 Å². The number of nitrogens with one attached hydrogen (secondary N) is 1. The van der Waals surface area contributed by atoms with Crippen molar-refractivity contribution in [2.75, 3.05) is 7.05 Å². The molecule has 0 heterocycles. The molecule has 0 unspecified atom stereocenters. The van der Waals surface area contributed by atoms with Crippen LogP contribution in [-0.4, -0.2) is 7.05 Å². The van der Waals surface area contributed by atoms with E-state index >= 15 is 0 Å². The maximum Gasteiger partial charge on any atom is 0.133 e. The first-order valence-corrected chi connectivity index (χ1v) is 6.66. The van der Waals surface area contributed by atoms with E-state index < -0.39 is 0 Å².